The maximum atomic E-state index is 12.1. The van der Waals surface area contributed by atoms with Gasteiger partial charge in [-0.25, -0.2) is 4.68 Å². The average Bonchev–Trinajstić information content (AvgIpc) is 3.25. The molecule has 0 amide bonds. The lowest BCUT2D eigenvalue weighted by Crippen LogP contribution is -2.11. The predicted octanol–water partition coefficient (Wildman–Crippen LogP) is 3.05. The molecule has 0 aliphatic carbocycles. The highest BCUT2D eigenvalue weighted by atomic mass is 16.6. The fourth-order valence-electron chi connectivity index (χ4n) is 2.39. The lowest BCUT2D eigenvalue weighted by Gasteiger charge is -2.08. The van der Waals surface area contributed by atoms with Gasteiger partial charge in [-0.05, 0) is 25.5 Å². The Labute approximate surface area is 145 Å². The maximum Gasteiger partial charge on any atom is 0.311 e. The fourth-order valence-corrected chi connectivity index (χ4v) is 2.39. The highest BCUT2D eigenvalue weighted by Crippen LogP contribution is 2.16. The number of nitrogens with zero attached hydrogens (tertiary/aromatic N) is 4. The monoisotopic (exact) mass is 340 g/mol. The van der Waals surface area contributed by atoms with Crippen molar-refractivity contribution < 1.29 is 14.1 Å². The summed E-state index contributed by atoms with van der Waals surface area (Å²) < 4.78 is 12.2. The number of rotatable bonds is 7. The molecule has 0 bridgehead atoms. The average molecular weight is 340 g/mol. The Morgan fingerprint density at radius 2 is 2.12 bits per heavy atom. The zero-order chi connectivity index (χ0) is 17.6. The van der Waals surface area contributed by atoms with Crippen LogP contribution in [-0.2, 0) is 22.4 Å². The zero-order valence-electron chi connectivity index (χ0n) is 14.3. The summed E-state index contributed by atoms with van der Waals surface area (Å²) in [5.41, 5.74) is 1.71. The van der Waals surface area contributed by atoms with E-state index in [1.165, 1.54) is 0 Å². The van der Waals surface area contributed by atoms with Gasteiger partial charge in [-0.2, -0.15) is 10.1 Å². The zero-order valence-corrected chi connectivity index (χ0v) is 14.3. The number of aryl methyl sites for hydroxylation is 1. The van der Waals surface area contributed by atoms with Crippen LogP contribution in [0.5, 0.6) is 0 Å². The summed E-state index contributed by atoms with van der Waals surface area (Å²) in [6.45, 7) is 3.75. The van der Waals surface area contributed by atoms with Gasteiger partial charge in [0.2, 0.25) is 0 Å². The number of aromatic nitrogens is 4. The van der Waals surface area contributed by atoms with Gasteiger partial charge in [0.1, 0.15) is 0 Å². The minimum Gasteiger partial charge on any atom is -0.452 e. The molecule has 1 unspecified atom stereocenters. The van der Waals surface area contributed by atoms with Gasteiger partial charge in [-0.3, -0.25) is 4.79 Å². The molecule has 2 heterocycles. The Balaban J connectivity index is 1.58. The van der Waals surface area contributed by atoms with Crippen LogP contribution in [0.4, 0.5) is 0 Å². The number of ether oxygens (including phenoxy) is 1. The Hall–Kier alpha value is -2.96. The Morgan fingerprint density at radius 1 is 1.32 bits per heavy atom. The summed E-state index contributed by atoms with van der Waals surface area (Å²) >= 11 is 0. The molecule has 0 fully saturated rings. The van der Waals surface area contributed by atoms with Crippen LogP contribution in [0.1, 0.15) is 43.7 Å². The van der Waals surface area contributed by atoms with Crippen LogP contribution in [0, 0.1) is 0 Å². The second kappa shape index (κ2) is 7.74. The third kappa shape index (κ3) is 4.32. The van der Waals surface area contributed by atoms with Gasteiger partial charge in [0.25, 0.3) is 5.89 Å². The third-order valence-electron chi connectivity index (χ3n) is 3.62. The lowest BCUT2D eigenvalue weighted by molar-refractivity contribution is -0.148. The minimum absolute atomic E-state index is 0.132. The first-order valence-corrected chi connectivity index (χ1v) is 8.26. The van der Waals surface area contributed by atoms with Crippen molar-refractivity contribution in [1.82, 2.24) is 19.9 Å². The Morgan fingerprint density at radius 3 is 2.88 bits per heavy atom. The number of carbonyl (C=O) groups excluding carboxylic acids is 1. The van der Waals surface area contributed by atoms with Gasteiger partial charge in [0, 0.05) is 18.2 Å². The molecule has 25 heavy (non-hydrogen) atoms. The predicted molar refractivity (Wildman–Crippen MR) is 90.1 cm³/mol. The van der Waals surface area contributed by atoms with Gasteiger partial charge in [-0.1, -0.05) is 30.3 Å². The van der Waals surface area contributed by atoms with Crippen molar-refractivity contribution in [2.75, 3.05) is 0 Å². The first-order chi connectivity index (χ1) is 12.2. The van der Waals surface area contributed by atoms with Gasteiger partial charge in [0.05, 0.1) is 18.3 Å². The Bertz CT molecular complexity index is 826. The van der Waals surface area contributed by atoms with Crippen LogP contribution in [0.2, 0.25) is 0 Å². The molecular weight excluding hydrogens is 320 g/mol. The standard InChI is InChI=1S/C18H20N4O3/c1-3-7-16-20-18(25-21-16)13(2)24-17(23)10-14-11-19-22(12-14)15-8-5-4-6-9-15/h4-6,8-9,11-13H,3,7,10H2,1-2H3. The van der Waals surface area contributed by atoms with Crippen molar-refractivity contribution in [3.63, 3.8) is 0 Å². The molecule has 1 atom stereocenters. The van der Waals surface area contributed by atoms with Gasteiger partial charge in [-0.15, -0.1) is 0 Å². The molecule has 7 nitrogen and oxygen atoms in total. The van der Waals surface area contributed by atoms with Crippen molar-refractivity contribution in [1.29, 1.82) is 0 Å². The van der Waals surface area contributed by atoms with E-state index >= 15 is 0 Å². The summed E-state index contributed by atoms with van der Waals surface area (Å²) in [4.78, 5) is 16.4. The largest absolute Gasteiger partial charge is 0.452 e. The number of esters is 1. The molecule has 0 radical (unpaired) electrons. The van der Waals surface area contributed by atoms with Crippen LogP contribution in [0.15, 0.2) is 47.2 Å². The van der Waals surface area contributed by atoms with Gasteiger partial charge < -0.3 is 9.26 Å². The van der Waals surface area contributed by atoms with E-state index in [9.17, 15) is 4.79 Å². The van der Waals surface area contributed by atoms with Gasteiger partial charge >= 0.3 is 5.97 Å². The van der Waals surface area contributed by atoms with E-state index < -0.39 is 6.10 Å². The summed E-state index contributed by atoms with van der Waals surface area (Å²) in [6.07, 6.45) is 4.70. The first kappa shape index (κ1) is 16.9. The quantitative estimate of drug-likeness (QED) is 0.615. The normalized spacial score (nSPS) is 12.1. The van der Waals surface area contributed by atoms with E-state index in [-0.39, 0.29) is 12.4 Å². The van der Waals surface area contributed by atoms with Gasteiger partial charge in [0.15, 0.2) is 11.9 Å². The molecule has 3 rings (SSSR count). The molecule has 0 saturated carbocycles. The van der Waals surface area contributed by atoms with Crippen molar-refractivity contribution in [2.45, 2.75) is 39.2 Å². The third-order valence-corrected chi connectivity index (χ3v) is 3.62. The number of hydrogen-bond acceptors (Lipinski definition) is 6. The van der Waals surface area contributed by atoms with E-state index in [0.717, 1.165) is 24.1 Å². The van der Waals surface area contributed by atoms with E-state index in [4.69, 9.17) is 9.26 Å². The summed E-state index contributed by atoms with van der Waals surface area (Å²) in [7, 11) is 0. The summed E-state index contributed by atoms with van der Waals surface area (Å²) in [5.74, 6) is 0.580. The van der Waals surface area contributed by atoms with E-state index in [1.54, 1.807) is 17.8 Å². The highest BCUT2D eigenvalue weighted by Gasteiger charge is 2.19. The number of carbonyl (C=O) groups is 1. The molecule has 0 N–H and O–H groups in total. The molecule has 3 aromatic rings. The highest BCUT2D eigenvalue weighted by molar-refractivity contribution is 5.72. The van der Waals surface area contributed by atoms with Crippen LogP contribution in [-0.4, -0.2) is 25.9 Å². The topological polar surface area (TPSA) is 83.0 Å². The smallest absolute Gasteiger partial charge is 0.311 e. The van der Waals surface area contributed by atoms with Crippen molar-refractivity contribution in [3.05, 3.63) is 60.0 Å². The minimum atomic E-state index is -0.574. The molecule has 2 aromatic heterocycles. The molecule has 7 heteroatoms. The number of para-hydroxylation sites is 1. The van der Waals surface area contributed by atoms with Crippen molar-refractivity contribution >= 4 is 5.97 Å². The van der Waals surface area contributed by atoms with E-state index in [2.05, 4.69) is 15.2 Å². The van der Waals surface area contributed by atoms with Crippen LogP contribution in [0.25, 0.3) is 5.69 Å². The summed E-state index contributed by atoms with van der Waals surface area (Å²) in [6, 6.07) is 9.70. The lowest BCUT2D eigenvalue weighted by atomic mass is 10.2. The van der Waals surface area contributed by atoms with Crippen LogP contribution >= 0.6 is 0 Å². The fraction of sp³-hybridized carbons (Fsp3) is 0.333. The second-order valence-corrected chi connectivity index (χ2v) is 5.74. The maximum absolute atomic E-state index is 12.1. The molecule has 0 spiro atoms. The molecule has 0 aliphatic rings. The van der Waals surface area contributed by atoms with Crippen LogP contribution < -0.4 is 0 Å². The molecule has 130 valence electrons. The number of benzene rings is 1. The SMILES string of the molecule is CCCc1noc(C(C)OC(=O)Cc2cnn(-c3ccccc3)c2)n1. The second-order valence-electron chi connectivity index (χ2n) is 5.74. The van der Waals surface area contributed by atoms with Crippen molar-refractivity contribution in [2.24, 2.45) is 0 Å². The molecule has 0 saturated heterocycles. The number of hydrogen-bond donors (Lipinski definition) is 0. The molecule has 0 aliphatic heterocycles. The molecule has 1 aromatic carbocycles. The van der Waals surface area contributed by atoms with E-state index in [0.29, 0.717) is 11.7 Å². The van der Waals surface area contributed by atoms with Crippen LogP contribution in [0.3, 0.4) is 0 Å². The summed E-state index contributed by atoms with van der Waals surface area (Å²) in [5, 5.41) is 8.13. The molecular formula is C18H20N4O3. The van der Waals surface area contributed by atoms with E-state index in [1.807, 2.05) is 43.5 Å². The first-order valence-electron chi connectivity index (χ1n) is 8.26. The Kier molecular flexibility index (Phi) is 5.23. The van der Waals surface area contributed by atoms with Crippen molar-refractivity contribution in [3.8, 4) is 5.69 Å².